The lowest BCUT2D eigenvalue weighted by atomic mass is 10.1. The van der Waals surface area contributed by atoms with Gasteiger partial charge in [0.1, 0.15) is 18.2 Å². The van der Waals surface area contributed by atoms with Crippen LogP contribution in [0.1, 0.15) is 32.8 Å². The highest BCUT2D eigenvalue weighted by molar-refractivity contribution is 5.85. The molecule has 1 aromatic rings. The van der Waals surface area contributed by atoms with Crippen LogP contribution in [0.15, 0.2) is 30.3 Å². The van der Waals surface area contributed by atoms with E-state index in [1.165, 1.54) is 9.80 Å². The number of carbonyl (C=O) groups is 3. The van der Waals surface area contributed by atoms with Crippen LogP contribution in [0, 0.1) is 0 Å². The lowest BCUT2D eigenvalue weighted by Gasteiger charge is -2.27. The minimum atomic E-state index is -0.825. The zero-order valence-electron chi connectivity index (χ0n) is 16.2. The van der Waals surface area contributed by atoms with Gasteiger partial charge in [0.2, 0.25) is 5.91 Å². The third kappa shape index (κ3) is 5.60. The number of likely N-dealkylation sites (N-methyl/N-ethyl adjacent to an activating group) is 1. The number of primary amides is 1. The maximum atomic E-state index is 12.4. The van der Waals surface area contributed by atoms with Gasteiger partial charge in [-0.25, -0.2) is 9.59 Å². The molecule has 2 rings (SSSR count). The van der Waals surface area contributed by atoms with E-state index in [9.17, 15) is 14.4 Å². The molecule has 0 radical (unpaired) electrons. The fourth-order valence-corrected chi connectivity index (χ4v) is 2.86. The van der Waals surface area contributed by atoms with E-state index in [1.807, 2.05) is 30.3 Å². The summed E-state index contributed by atoms with van der Waals surface area (Å²) in [6.07, 6.45) is -0.913. The van der Waals surface area contributed by atoms with Crippen molar-refractivity contribution in [3.8, 4) is 0 Å². The average Bonchev–Trinajstić information content (AvgIpc) is 3.04. The highest BCUT2D eigenvalue weighted by Gasteiger charge is 2.43. The molecule has 27 heavy (non-hydrogen) atoms. The van der Waals surface area contributed by atoms with Gasteiger partial charge < -0.3 is 20.1 Å². The van der Waals surface area contributed by atoms with Crippen molar-refractivity contribution in [3.05, 3.63) is 35.9 Å². The molecule has 2 atom stereocenters. The molecule has 1 heterocycles. The number of hydrogen-bond donors (Lipinski definition) is 1. The number of likely N-dealkylation sites (tertiary alicyclic amines) is 1. The Balaban J connectivity index is 1.99. The zero-order valence-corrected chi connectivity index (χ0v) is 16.2. The normalized spacial score (nSPS) is 19.5. The molecule has 1 saturated heterocycles. The second-order valence-electron chi connectivity index (χ2n) is 7.59. The van der Waals surface area contributed by atoms with Crippen LogP contribution >= 0.6 is 0 Å². The van der Waals surface area contributed by atoms with Gasteiger partial charge in [0.05, 0.1) is 6.04 Å². The number of ether oxygens (including phenoxy) is 2. The molecule has 0 saturated carbocycles. The van der Waals surface area contributed by atoms with Crippen molar-refractivity contribution in [2.45, 2.75) is 51.5 Å². The molecule has 0 spiro atoms. The summed E-state index contributed by atoms with van der Waals surface area (Å²) in [7, 11) is 1.58. The van der Waals surface area contributed by atoms with Crippen LogP contribution in [0.2, 0.25) is 0 Å². The van der Waals surface area contributed by atoms with Crippen molar-refractivity contribution in [2.24, 2.45) is 5.73 Å². The van der Waals surface area contributed by atoms with Crippen LogP contribution in [0.5, 0.6) is 0 Å². The number of amides is 3. The van der Waals surface area contributed by atoms with E-state index in [1.54, 1.807) is 27.8 Å². The second kappa shape index (κ2) is 8.28. The first kappa shape index (κ1) is 20.5. The Bertz CT molecular complexity index is 686. The standard InChI is InChI=1S/C19H27N3O5/c1-19(2,3)27-18(25)22-11-14(10-15(22)16(20)23)21(4)17(24)26-12-13-8-6-5-7-9-13/h5-9,14-15H,10-12H2,1-4H3,(H2,20,23)/t14-,15?/m1/s1. The molecule has 1 aliphatic rings. The average molecular weight is 377 g/mol. The lowest BCUT2D eigenvalue weighted by molar-refractivity contribution is -0.122. The van der Waals surface area contributed by atoms with Gasteiger partial charge in [-0.05, 0) is 32.8 Å². The zero-order chi connectivity index (χ0) is 20.2. The largest absolute Gasteiger partial charge is 0.445 e. The van der Waals surface area contributed by atoms with Gasteiger partial charge in [-0.1, -0.05) is 30.3 Å². The fraction of sp³-hybridized carbons (Fsp3) is 0.526. The van der Waals surface area contributed by atoms with E-state index in [4.69, 9.17) is 15.2 Å². The van der Waals surface area contributed by atoms with E-state index in [-0.39, 0.29) is 19.6 Å². The van der Waals surface area contributed by atoms with Crippen molar-refractivity contribution >= 4 is 18.1 Å². The van der Waals surface area contributed by atoms with Crippen molar-refractivity contribution in [2.75, 3.05) is 13.6 Å². The topological polar surface area (TPSA) is 102 Å². The first-order chi connectivity index (χ1) is 12.6. The van der Waals surface area contributed by atoms with Gasteiger partial charge in [0.15, 0.2) is 0 Å². The number of rotatable bonds is 4. The molecule has 2 N–H and O–H groups in total. The Labute approximate surface area is 159 Å². The Morgan fingerprint density at radius 2 is 1.85 bits per heavy atom. The van der Waals surface area contributed by atoms with Gasteiger partial charge >= 0.3 is 12.2 Å². The van der Waals surface area contributed by atoms with Crippen molar-refractivity contribution < 1.29 is 23.9 Å². The summed E-state index contributed by atoms with van der Waals surface area (Å²) >= 11 is 0. The molecule has 1 fully saturated rings. The quantitative estimate of drug-likeness (QED) is 0.866. The minimum absolute atomic E-state index is 0.145. The number of benzene rings is 1. The summed E-state index contributed by atoms with van der Waals surface area (Å²) in [5.41, 5.74) is 5.61. The molecule has 0 aliphatic carbocycles. The molecule has 8 nitrogen and oxygen atoms in total. The predicted molar refractivity (Wildman–Crippen MR) is 98.7 cm³/mol. The predicted octanol–water partition coefficient (Wildman–Crippen LogP) is 2.12. The Morgan fingerprint density at radius 3 is 2.41 bits per heavy atom. The summed E-state index contributed by atoms with van der Waals surface area (Å²) < 4.78 is 10.7. The van der Waals surface area contributed by atoms with E-state index in [0.29, 0.717) is 0 Å². The molecule has 1 aliphatic heterocycles. The molecule has 8 heteroatoms. The maximum Gasteiger partial charge on any atom is 0.411 e. The van der Waals surface area contributed by atoms with E-state index >= 15 is 0 Å². The van der Waals surface area contributed by atoms with E-state index in [0.717, 1.165) is 5.56 Å². The molecule has 3 amide bonds. The van der Waals surface area contributed by atoms with Gasteiger partial charge in [0.25, 0.3) is 0 Å². The fourth-order valence-electron chi connectivity index (χ4n) is 2.86. The molecule has 0 aromatic heterocycles. The van der Waals surface area contributed by atoms with Crippen LogP contribution in [0.3, 0.4) is 0 Å². The monoisotopic (exact) mass is 377 g/mol. The Kier molecular flexibility index (Phi) is 6.30. The van der Waals surface area contributed by atoms with Crippen molar-refractivity contribution in [3.63, 3.8) is 0 Å². The number of carbonyl (C=O) groups excluding carboxylic acids is 3. The van der Waals surface area contributed by atoms with Gasteiger partial charge in [-0.3, -0.25) is 9.69 Å². The Hall–Kier alpha value is -2.77. The molecular weight excluding hydrogens is 350 g/mol. The van der Waals surface area contributed by atoms with Crippen LogP contribution in [0.4, 0.5) is 9.59 Å². The summed E-state index contributed by atoms with van der Waals surface area (Å²) in [5.74, 6) is -0.630. The molecular formula is C19H27N3O5. The molecule has 1 unspecified atom stereocenters. The summed E-state index contributed by atoms with van der Waals surface area (Å²) in [4.78, 5) is 39.2. The minimum Gasteiger partial charge on any atom is -0.445 e. The van der Waals surface area contributed by atoms with Gasteiger partial charge in [-0.15, -0.1) is 0 Å². The van der Waals surface area contributed by atoms with E-state index < -0.39 is 35.8 Å². The first-order valence-corrected chi connectivity index (χ1v) is 8.81. The molecule has 1 aromatic carbocycles. The molecule has 0 bridgehead atoms. The maximum absolute atomic E-state index is 12.4. The van der Waals surface area contributed by atoms with Crippen molar-refractivity contribution in [1.29, 1.82) is 0 Å². The Morgan fingerprint density at radius 1 is 1.22 bits per heavy atom. The highest BCUT2D eigenvalue weighted by Crippen LogP contribution is 2.24. The van der Waals surface area contributed by atoms with Crippen LogP contribution < -0.4 is 5.73 Å². The van der Waals surface area contributed by atoms with Crippen LogP contribution in [-0.2, 0) is 20.9 Å². The van der Waals surface area contributed by atoms with Crippen molar-refractivity contribution in [1.82, 2.24) is 9.80 Å². The summed E-state index contributed by atoms with van der Waals surface area (Å²) in [6.45, 7) is 5.52. The number of nitrogens with zero attached hydrogens (tertiary/aromatic N) is 2. The second-order valence-corrected chi connectivity index (χ2v) is 7.59. The number of nitrogens with two attached hydrogens (primary N) is 1. The van der Waals surface area contributed by atoms with E-state index in [2.05, 4.69) is 0 Å². The highest BCUT2D eigenvalue weighted by atomic mass is 16.6. The third-order valence-electron chi connectivity index (χ3n) is 4.28. The van der Waals surface area contributed by atoms with Crippen LogP contribution in [-0.4, -0.2) is 59.2 Å². The van der Waals surface area contributed by atoms with Crippen LogP contribution in [0.25, 0.3) is 0 Å². The summed E-state index contributed by atoms with van der Waals surface area (Å²) in [5, 5.41) is 0. The van der Waals surface area contributed by atoms with Gasteiger partial charge in [0, 0.05) is 13.6 Å². The third-order valence-corrected chi connectivity index (χ3v) is 4.28. The SMILES string of the molecule is CN(C(=O)OCc1ccccc1)[C@@H]1CC(C(N)=O)N(C(=O)OC(C)(C)C)C1. The smallest absolute Gasteiger partial charge is 0.411 e. The molecule has 148 valence electrons. The lowest BCUT2D eigenvalue weighted by Crippen LogP contribution is -2.46. The summed E-state index contributed by atoms with van der Waals surface area (Å²) in [6, 6.07) is 8.10. The van der Waals surface area contributed by atoms with Gasteiger partial charge in [-0.2, -0.15) is 0 Å². The number of hydrogen-bond acceptors (Lipinski definition) is 5. The first-order valence-electron chi connectivity index (χ1n) is 8.81.